The van der Waals surface area contributed by atoms with Gasteiger partial charge >= 0.3 is 0 Å². The van der Waals surface area contributed by atoms with Crippen molar-refractivity contribution < 1.29 is 4.79 Å². The largest absolute Gasteiger partial charge is 0.378 e. The quantitative estimate of drug-likeness (QED) is 0.696. The molecule has 0 bridgehead atoms. The molecule has 0 saturated carbocycles. The lowest BCUT2D eigenvalue weighted by atomic mass is 10.2. The van der Waals surface area contributed by atoms with Crippen molar-refractivity contribution >= 4 is 29.4 Å². The van der Waals surface area contributed by atoms with Gasteiger partial charge in [-0.1, -0.05) is 23.7 Å². The standard InChI is InChI=1S/C16H16ClN3O/c1-20(2)15-8-6-13(7-9-15)16(21)19-18-11-12-4-3-5-14(17)10-12/h3-11H,1-2H3,(H,19,21)/b18-11-. The van der Waals surface area contributed by atoms with Crippen LogP contribution in [0.15, 0.2) is 53.6 Å². The van der Waals surface area contributed by atoms with E-state index in [-0.39, 0.29) is 5.91 Å². The lowest BCUT2D eigenvalue weighted by Gasteiger charge is -2.12. The average Bonchev–Trinajstić information content (AvgIpc) is 2.47. The molecule has 5 heteroatoms. The van der Waals surface area contributed by atoms with Crippen LogP contribution < -0.4 is 10.3 Å². The van der Waals surface area contributed by atoms with Crippen molar-refractivity contribution in [2.24, 2.45) is 5.10 Å². The first-order chi connectivity index (χ1) is 10.1. The SMILES string of the molecule is CN(C)c1ccc(C(=O)N/N=C\c2cccc(Cl)c2)cc1. The molecule has 1 amide bonds. The Kier molecular flexibility index (Phi) is 4.95. The number of nitrogens with zero attached hydrogens (tertiary/aromatic N) is 2. The second kappa shape index (κ2) is 6.90. The molecule has 2 aromatic rings. The van der Waals surface area contributed by atoms with Gasteiger partial charge in [-0.3, -0.25) is 4.79 Å². The fourth-order valence-electron chi connectivity index (χ4n) is 1.73. The molecule has 108 valence electrons. The van der Waals surface area contributed by atoms with Gasteiger partial charge in [0.05, 0.1) is 6.21 Å². The van der Waals surface area contributed by atoms with Gasteiger partial charge in [-0.2, -0.15) is 5.10 Å². The second-order valence-corrected chi connectivity index (χ2v) is 5.13. The highest BCUT2D eigenvalue weighted by atomic mass is 35.5. The van der Waals surface area contributed by atoms with Gasteiger partial charge in [0.25, 0.3) is 5.91 Å². The van der Waals surface area contributed by atoms with Crippen LogP contribution in [0.1, 0.15) is 15.9 Å². The number of hydrogen-bond donors (Lipinski definition) is 1. The predicted molar refractivity (Wildman–Crippen MR) is 87.3 cm³/mol. The molecule has 0 fully saturated rings. The third-order valence-electron chi connectivity index (χ3n) is 2.87. The van der Waals surface area contributed by atoms with E-state index in [1.807, 2.05) is 43.3 Å². The molecule has 0 aliphatic heterocycles. The Morgan fingerprint density at radius 1 is 1.19 bits per heavy atom. The van der Waals surface area contributed by atoms with Gasteiger partial charge in [0, 0.05) is 30.4 Å². The van der Waals surface area contributed by atoms with Crippen LogP contribution >= 0.6 is 11.6 Å². The third-order valence-corrected chi connectivity index (χ3v) is 3.11. The minimum absolute atomic E-state index is 0.251. The van der Waals surface area contributed by atoms with E-state index in [9.17, 15) is 4.79 Å². The van der Waals surface area contributed by atoms with Crippen molar-refractivity contribution in [1.82, 2.24) is 5.43 Å². The Morgan fingerprint density at radius 3 is 2.52 bits per heavy atom. The number of benzene rings is 2. The molecule has 0 aliphatic carbocycles. The minimum Gasteiger partial charge on any atom is -0.378 e. The Bertz CT molecular complexity index is 651. The van der Waals surface area contributed by atoms with Crippen LogP contribution in [0.3, 0.4) is 0 Å². The molecule has 0 radical (unpaired) electrons. The van der Waals surface area contributed by atoms with E-state index in [1.165, 1.54) is 0 Å². The second-order valence-electron chi connectivity index (χ2n) is 4.70. The van der Waals surface area contributed by atoms with E-state index in [1.54, 1.807) is 30.5 Å². The maximum absolute atomic E-state index is 11.9. The predicted octanol–water partition coefficient (Wildman–Crippen LogP) is 3.17. The molecule has 2 aromatic carbocycles. The lowest BCUT2D eigenvalue weighted by molar-refractivity contribution is 0.0955. The molecule has 0 unspecified atom stereocenters. The number of carbonyl (C=O) groups is 1. The summed E-state index contributed by atoms with van der Waals surface area (Å²) in [6, 6.07) is 14.5. The van der Waals surface area contributed by atoms with E-state index in [0.717, 1.165) is 11.3 Å². The molecule has 0 spiro atoms. The monoisotopic (exact) mass is 301 g/mol. The van der Waals surface area contributed by atoms with Gasteiger partial charge in [-0.25, -0.2) is 5.43 Å². The Labute approximate surface area is 129 Å². The van der Waals surface area contributed by atoms with Gasteiger partial charge in [0.1, 0.15) is 0 Å². The first kappa shape index (κ1) is 15.1. The van der Waals surface area contributed by atoms with E-state index in [0.29, 0.717) is 10.6 Å². The summed E-state index contributed by atoms with van der Waals surface area (Å²) in [6.07, 6.45) is 1.55. The fraction of sp³-hybridized carbons (Fsp3) is 0.125. The molecule has 0 aromatic heterocycles. The number of rotatable bonds is 4. The van der Waals surface area contributed by atoms with Gasteiger partial charge in [0.2, 0.25) is 0 Å². The van der Waals surface area contributed by atoms with Crippen LogP contribution in [0.25, 0.3) is 0 Å². The third kappa shape index (κ3) is 4.33. The number of carbonyl (C=O) groups excluding carboxylic acids is 1. The Balaban J connectivity index is 1.98. The normalized spacial score (nSPS) is 10.6. The smallest absolute Gasteiger partial charge is 0.271 e. The summed E-state index contributed by atoms with van der Waals surface area (Å²) in [5.74, 6) is -0.251. The van der Waals surface area contributed by atoms with E-state index < -0.39 is 0 Å². The van der Waals surface area contributed by atoms with Crippen molar-refractivity contribution in [3.05, 3.63) is 64.7 Å². The van der Waals surface area contributed by atoms with Crippen molar-refractivity contribution in [3.8, 4) is 0 Å². The minimum atomic E-state index is -0.251. The summed E-state index contributed by atoms with van der Waals surface area (Å²) >= 11 is 5.87. The van der Waals surface area contributed by atoms with Gasteiger partial charge in [-0.15, -0.1) is 0 Å². The van der Waals surface area contributed by atoms with Crippen LogP contribution in [0, 0.1) is 0 Å². The number of hydrogen-bond acceptors (Lipinski definition) is 3. The maximum Gasteiger partial charge on any atom is 0.271 e. The summed E-state index contributed by atoms with van der Waals surface area (Å²) in [7, 11) is 3.90. The molecule has 0 saturated heterocycles. The summed E-state index contributed by atoms with van der Waals surface area (Å²) in [5, 5.41) is 4.55. The van der Waals surface area contributed by atoms with Crippen molar-refractivity contribution in [2.45, 2.75) is 0 Å². The highest BCUT2D eigenvalue weighted by Gasteiger charge is 2.04. The van der Waals surface area contributed by atoms with Crippen molar-refractivity contribution in [2.75, 3.05) is 19.0 Å². The van der Waals surface area contributed by atoms with Gasteiger partial charge < -0.3 is 4.90 Å². The topological polar surface area (TPSA) is 44.7 Å². The first-order valence-electron chi connectivity index (χ1n) is 6.42. The Morgan fingerprint density at radius 2 is 1.90 bits per heavy atom. The molecule has 21 heavy (non-hydrogen) atoms. The molecular formula is C16H16ClN3O. The Hall–Kier alpha value is -2.33. The van der Waals surface area contributed by atoms with E-state index in [4.69, 9.17) is 11.6 Å². The van der Waals surface area contributed by atoms with Crippen molar-refractivity contribution in [1.29, 1.82) is 0 Å². The zero-order valence-corrected chi connectivity index (χ0v) is 12.6. The van der Waals surface area contributed by atoms with Crippen LogP contribution in [0.5, 0.6) is 0 Å². The number of nitrogens with one attached hydrogen (secondary N) is 1. The average molecular weight is 302 g/mol. The molecule has 4 nitrogen and oxygen atoms in total. The van der Waals surface area contributed by atoms with E-state index >= 15 is 0 Å². The fourth-order valence-corrected chi connectivity index (χ4v) is 1.93. The zero-order valence-electron chi connectivity index (χ0n) is 11.9. The lowest BCUT2D eigenvalue weighted by Crippen LogP contribution is -2.17. The molecule has 0 aliphatic rings. The van der Waals surface area contributed by atoms with Gasteiger partial charge in [0.15, 0.2) is 0 Å². The van der Waals surface area contributed by atoms with Crippen molar-refractivity contribution in [3.63, 3.8) is 0 Å². The zero-order chi connectivity index (χ0) is 15.2. The van der Waals surface area contributed by atoms with Crippen LogP contribution in [0.2, 0.25) is 5.02 Å². The maximum atomic E-state index is 11.9. The summed E-state index contributed by atoms with van der Waals surface area (Å²) < 4.78 is 0. The highest BCUT2D eigenvalue weighted by Crippen LogP contribution is 2.12. The molecule has 2 rings (SSSR count). The molecule has 1 N–H and O–H groups in total. The van der Waals surface area contributed by atoms with Crippen LogP contribution in [0.4, 0.5) is 5.69 Å². The van der Waals surface area contributed by atoms with Crippen LogP contribution in [-0.4, -0.2) is 26.2 Å². The van der Waals surface area contributed by atoms with Crippen LogP contribution in [-0.2, 0) is 0 Å². The number of hydrazone groups is 1. The molecule has 0 heterocycles. The highest BCUT2D eigenvalue weighted by molar-refractivity contribution is 6.30. The number of halogens is 1. The molecule has 0 atom stereocenters. The number of amides is 1. The first-order valence-corrected chi connectivity index (χ1v) is 6.80. The summed E-state index contributed by atoms with van der Waals surface area (Å²) in [5.41, 5.74) is 4.91. The summed E-state index contributed by atoms with van der Waals surface area (Å²) in [4.78, 5) is 13.9. The van der Waals surface area contributed by atoms with E-state index in [2.05, 4.69) is 10.5 Å². The summed E-state index contributed by atoms with van der Waals surface area (Å²) in [6.45, 7) is 0. The van der Waals surface area contributed by atoms with Gasteiger partial charge in [-0.05, 0) is 42.0 Å². The molecular weight excluding hydrogens is 286 g/mol. The number of anilines is 1.